The number of nitrogens with one attached hydrogen (secondary N) is 2. The minimum absolute atomic E-state index is 0.152. The minimum Gasteiger partial charge on any atom is -0.324 e. The van der Waals surface area contributed by atoms with Crippen molar-refractivity contribution in [3.63, 3.8) is 0 Å². The molecular weight excluding hydrogens is 374 g/mol. The van der Waals surface area contributed by atoms with Gasteiger partial charge in [0.25, 0.3) is 0 Å². The second kappa shape index (κ2) is 7.00. The Balaban J connectivity index is 1.41. The molecule has 2 aromatic heterocycles. The van der Waals surface area contributed by atoms with Gasteiger partial charge >= 0.3 is 6.03 Å². The molecule has 0 bridgehead atoms. The van der Waals surface area contributed by atoms with Gasteiger partial charge in [0.2, 0.25) is 5.13 Å². The second-order valence-electron chi connectivity index (χ2n) is 6.04. The predicted octanol–water partition coefficient (Wildman–Crippen LogP) is 3.31. The maximum atomic E-state index is 12.5. The zero-order valence-corrected chi connectivity index (χ0v) is 15.5. The van der Waals surface area contributed by atoms with E-state index in [4.69, 9.17) is 11.6 Å². The molecule has 4 rings (SSSR count). The molecular formula is C16H16ClN7OS. The Morgan fingerprint density at radius 1 is 1.38 bits per heavy atom. The van der Waals surface area contributed by atoms with Crippen molar-refractivity contribution in [3.8, 4) is 11.4 Å². The molecule has 1 unspecified atom stereocenters. The molecule has 8 nitrogen and oxygen atoms in total. The molecule has 0 aliphatic carbocycles. The topological polar surface area (TPSA) is 99.7 Å². The summed E-state index contributed by atoms with van der Waals surface area (Å²) in [6, 6.07) is 7.16. The number of hydrogen-bond acceptors (Lipinski definition) is 6. The molecule has 3 heterocycles. The first kappa shape index (κ1) is 16.9. The lowest BCUT2D eigenvalue weighted by molar-refractivity contribution is 0.222. The van der Waals surface area contributed by atoms with Gasteiger partial charge in [-0.05, 0) is 25.5 Å². The van der Waals surface area contributed by atoms with Gasteiger partial charge < -0.3 is 4.90 Å². The van der Waals surface area contributed by atoms with Crippen LogP contribution in [0.15, 0.2) is 24.3 Å². The number of likely N-dealkylation sites (tertiary alicyclic amines) is 1. The van der Waals surface area contributed by atoms with E-state index in [-0.39, 0.29) is 11.9 Å². The Bertz CT molecular complexity index is 940. The zero-order valence-electron chi connectivity index (χ0n) is 13.9. The van der Waals surface area contributed by atoms with E-state index in [1.165, 1.54) is 0 Å². The van der Waals surface area contributed by atoms with Gasteiger partial charge in [0.15, 0.2) is 11.6 Å². The van der Waals surface area contributed by atoms with Crippen LogP contribution in [0.3, 0.4) is 0 Å². The number of halogens is 1. The van der Waals surface area contributed by atoms with Crippen LogP contribution in [0.2, 0.25) is 5.02 Å². The maximum Gasteiger partial charge on any atom is 0.323 e. The number of anilines is 1. The number of aromatic nitrogens is 5. The zero-order chi connectivity index (χ0) is 18.1. The van der Waals surface area contributed by atoms with Gasteiger partial charge in [0.1, 0.15) is 5.82 Å². The van der Waals surface area contributed by atoms with Gasteiger partial charge in [-0.25, -0.2) is 9.78 Å². The average molecular weight is 390 g/mol. The predicted molar refractivity (Wildman–Crippen MR) is 99.4 cm³/mol. The lowest BCUT2D eigenvalue weighted by Crippen LogP contribution is -2.32. The number of rotatable bonds is 3. The number of nitrogens with zero attached hydrogens (tertiary/aromatic N) is 5. The maximum absolute atomic E-state index is 12.5. The standard InChI is InChI=1S/C16H16ClN7OS/c1-9-18-13(22-21-9)10-6-7-24(8-10)16(25)20-15-19-14(23-26-15)11-4-2-3-5-12(11)17/h2-5,10H,6-8H2,1H3,(H,18,21,22)(H,19,20,23,25). The molecule has 1 aliphatic heterocycles. The van der Waals surface area contributed by atoms with E-state index in [9.17, 15) is 4.79 Å². The van der Waals surface area contributed by atoms with Gasteiger partial charge in [-0.1, -0.05) is 23.7 Å². The molecule has 0 spiro atoms. The molecule has 1 atom stereocenters. The Kier molecular flexibility index (Phi) is 4.56. The number of benzene rings is 1. The molecule has 1 fully saturated rings. The number of hydrogen-bond donors (Lipinski definition) is 2. The van der Waals surface area contributed by atoms with Gasteiger partial charge in [0.05, 0.1) is 5.02 Å². The van der Waals surface area contributed by atoms with Crippen molar-refractivity contribution in [3.05, 3.63) is 40.9 Å². The van der Waals surface area contributed by atoms with Crippen molar-refractivity contribution < 1.29 is 4.79 Å². The number of amides is 2. The third kappa shape index (κ3) is 3.40. The third-order valence-corrected chi connectivity index (χ3v) is 5.17. The number of carbonyl (C=O) groups excluding carboxylic acids is 1. The highest BCUT2D eigenvalue weighted by molar-refractivity contribution is 7.10. The van der Waals surface area contributed by atoms with E-state index < -0.39 is 0 Å². The fraction of sp³-hybridized carbons (Fsp3) is 0.312. The van der Waals surface area contributed by atoms with Crippen molar-refractivity contribution in [2.75, 3.05) is 18.4 Å². The first-order valence-corrected chi connectivity index (χ1v) is 9.28. The molecule has 1 aliphatic rings. The lowest BCUT2D eigenvalue weighted by Gasteiger charge is -2.15. The first-order chi connectivity index (χ1) is 12.6. The molecule has 1 aromatic carbocycles. The minimum atomic E-state index is -0.193. The summed E-state index contributed by atoms with van der Waals surface area (Å²) in [5, 5.41) is 10.9. The molecule has 0 saturated carbocycles. The van der Waals surface area contributed by atoms with Gasteiger partial charge in [0, 0.05) is 36.1 Å². The third-order valence-electron chi connectivity index (χ3n) is 4.21. The summed E-state index contributed by atoms with van der Waals surface area (Å²) < 4.78 is 4.28. The summed E-state index contributed by atoms with van der Waals surface area (Å²) in [5.41, 5.74) is 0.743. The Hall–Kier alpha value is -2.52. The van der Waals surface area contributed by atoms with E-state index in [1.807, 2.05) is 25.1 Å². The summed E-state index contributed by atoms with van der Waals surface area (Å²) in [7, 11) is 0. The van der Waals surface area contributed by atoms with E-state index in [0.29, 0.717) is 29.1 Å². The van der Waals surface area contributed by atoms with Gasteiger partial charge in [-0.15, -0.1) is 0 Å². The van der Waals surface area contributed by atoms with Crippen molar-refractivity contribution in [1.82, 2.24) is 29.4 Å². The van der Waals surface area contributed by atoms with Gasteiger partial charge in [-0.2, -0.15) is 14.5 Å². The summed E-state index contributed by atoms with van der Waals surface area (Å²) in [6.45, 7) is 3.10. The average Bonchev–Trinajstić information content (AvgIpc) is 3.35. The molecule has 10 heteroatoms. The van der Waals surface area contributed by atoms with Crippen LogP contribution >= 0.6 is 23.1 Å². The SMILES string of the molecule is Cc1nc(C2CCN(C(=O)Nc3nc(-c4ccccc4Cl)ns3)C2)n[nH]1. The second-order valence-corrected chi connectivity index (χ2v) is 7.20. The van der Waals surface area contributed by atoms with E-state index in [0.717, 1.165) is 35.2 Å². The van der Waals surface area contributed by atoms with Crippen LogP contribution in [-0.4, -0.2) is 48.6 Å². The van der Waals surface area contributed by atoms with E-state index in [1.54, 1.807) is 11.0 Å². The van der Waals surface area contributed by atoms with Crippen molar-refractivity contribution in [2.45, 2.75) is 19.3 Å². The molecule has 2 N–H and O–H groups in total. The monoisotopic (exact) mass is 389 g/mol. The number of urea groups is 1. The van der Waals surface area contributed by atoms with E-state index >= 15 is 0 Å². The number of carbonyl (C=O) groups is 1. The summed E-state index contributed by atoms with van der Waals surface area (Å²) in [4.78, 5) is 23.0. The fourth-order valence-electron chi connectivity index (χ4n) is 2.89. The van der Waals surface area contributed by atoms with Crippen LogP contribution in [0, 0.1) is 6.92 Å². The first-order valence-electron chi connectivity index (χ1n) is 8.13. The highest BCUT2D eigenvalue weighted by Crippen LogP contribution is 2.28. The van der Waals surface area contributed by atoms with Crippen molar-refractivity contribution >= 4 is 34.3 Å². The highest BCUT2D eigenvalue weighted by Gasteiger charge is 2.30. The smallest absolute Gasteiger partial charge is 0.323 e. The molecule has 26 heavy (non-hydrogen) atoms. The largest absolute Gasteiger partial charge is 0.324 e. The summed E-state index contributed by atoms with van der Waals surface area (Å²) in [5.74, 6) is 2.20. The van der Waals surface area contributed by atoms with Crippen LogP contribution in [-0.2, 0) is 0 Å². The summed E-state index contributed by atoms with van der Waals surface area (Å²) in [6.07, 6.45) is 0.839. The van der Waals surface area contributed by atoms with Crippen LogP contribution < -0.4 is 5.32 Å². The quantitative estimate of drug-likeness (QED) is 0.715. The van der Waals surface area contributed by atoms with Crippen LogP contribution in [0.1, 0.15) is 24.0 Å². The summed E-state index contributed by atoms with van der Waals surface area (Å²) >= 11 is 7.30. The van der Waals surface area contributed by atoms with E-state index in [2.05, 4.69) is 29.9 Å². The molecule has 134 valence electrons. The Labute approximate surface area is 158 Å². The number of aromatic amines is 1. The fourth-order valence-corrected chi connectivity index (χ4v) is 3.69. The number of aryl methyl sites for hydroxylation is 1. The molecule has 3 aromatic rings. The highest BCUT2D eigenvalue weighted by atomic mass is 35.5. The molecule has 2 amide bonds. The Morgan fingerprint density at radius 3 is 3.00 bits per heavy atom. The van der Waals surface area contributed by atoms with Crippen LogP contribution in [0.5, 0.6) is 0 Å². The van der Waals surface area contributed by atoms with Crippen LogP contribution in [0.4, 0.5) is 9.93 Å². The Morgan fingerprint density at radius 2 is 2.23 bits per heavy atom. The normalized spacial score (nSPS) is 16.8. The lowest BCUT2D eigenvalue weighted by atomic mass is 10.1. The van der Waals surface area contributed by atoms with Crippen molar-refractivity contribution in [1.29, 1.82) is 0 Å². The molecule has 0 radical (unpaired) electrons. The van der Waals surface area contributed by atoms with Crippen LogP contribution in [0.25, 0.3) is 11.4 Å². The number of H-pyrrole nitrogens is 1. The van der Waals surface area contributed by atoms with Gasteiger partial charge in [-0.3, -0.25) is 10.4 Å². The molecule has 1 saturated heterocycles. The van der Waals surface area contributed by atoms with Crippen molar-refractivity contribution in [2.24, 2.45) is 0 Å².